The topological polar surface area (TPSA) is 116 Å². The largest absolute Gasteiger partial charge is 0.268 e. The number of aryl methyl sites for hydroxylation is 2. The monoisotopic (exact) mass is 1070 g/mol. The first kappa shape index (κ1) is 49.5. The van der Waals surface area contributed by atoms with Gasteiger partial charge in [-0.2, -0.15) is 10.5 Å². The molecular weight excluding hydrogens is 1030 g/mol. The lowest BCUT2D eigenvalue weighted by Crippen LogP contribution is -2.14. The minimum absolute atomic E-state index is 0.138. The number of hydrogen-bond acceptors (Lipinski definition) is 6. The van der Waals surface area contributed by atoms with Crippen LogP contribution < -0.4 is 11.1 Å². The van der Waals surface area contributed by atoms with E-state index >= 15 is 0 Å². The number of pyridine rings is 2. The van der Waals surface area contributed by atoms with Crippen LogP contribution in [0, 0.1) is 36.5 Å². The Balaban J connectivity index is 0.000000143. The van der Waals surface area contributed by atoms with E-state index in [2.05, 4.69) is 123 Å². The number of aromatic nitrogens is 4. The Morgan fingerprint density at radius 1 is 0.345 bits per heavy atom. The molecule has 0 atom stereocenters. The molecule has 0 radical (unpaired) electrons. The lowest BCUT2D eigenvalue weighted by molar-refractivity contribution is 1.19. The zero-order chi connectivity index (χ0) is 56.7. The molecule has 16 aromatic rings. The van der Waals surface area contributed by atoms with E-state index in [1.165, 1.54) is 0 Å². The van der Waals surface area contributed by atoms with Gasteiger partial charge in [0, 0.05) is 54.2 Å². The van der Waals surface area contributed by atoms with E-state index in [1.807, 2.05) is 146 Å². The van der Waals surface area contributed by atoms with Gasteiger partial charge in [-0.05, 0) is 141 Å². The SMILES string of the molecule is Cc1ccccc1-c1ccc2c(=O)n3c(nc4cc(-c5ccccc5)cc(-c5ccccc5)c43)c3ccc(C#N)c1c23.Cc1ccccc1-c1ccc2c(=O)n3c4cc(-c5ccccc5)cc(-c5ccccc5)c4nc3c3ccc(C#N)c1c23. The zero-order valence-corrected chi connectivity index (χ0v) is 45.6. The van der Waals surface area contributed by atoms with Gasteiger partial charge in [-0.15, -0.1) is 0 Å². The highest BCUT2D eigenvalue weighted by Gasteiger charge is 2.25. The maximum Gasteiger partial charge on any atom is 0.264 e. The van der Waals surface area contributed by atoms with Crippen LogP contribution in [0.4, 0.5) is 0 Å². The summed E-state index contributed by atoms with van der Waals surface area (Å²) in [5.74, 6) is 0. The molecule has 0 N–H and O–H groups in total. The molecule has 0 aliphatic heterocycles. The van der Waals surface area contributed by atoms with Gasteiger partial charge in [0.25, 0.3) is 11.1 Å². The van der Waals surface area contributed by atoms with Gasteiger partial charge in [-0.25, -0.2) is 9.97 Å². The van der Waals surface area contributed by atoms with Gasteiger partial charge in [0.05, 0.1) is 45.3 Å². The van der Waals surface area contributed by atoms with Crippen molar-refractivity contribution in [1.29, 1.82) is 10.5 Å². The van der Waals surface area contributed by atoms with Crippen molar-refractivity contribution in [3.63, 3.8) is 0 Å². The molecule has 4 heterocycles. The van der Waals surface area contributed by atoms with Crippen molar-refractivity contribution < 1.29 is 0 Å². The van der Waals surface area contributed by atoms with Crippen molar-refractivity contribution in [2.24, 2.45) is 0 Å². The van der Waals surface area contributed by atoms with Gasteiger partial charge in [-0.3, -0.25) is 18.4 Å². The zero-order valence-electron chi connectivity index (χ0n) is 45.6. The third-order valence-corrected chi connectivity index (χ3v) is 16.7. The Morgan fingerprint density at radius 3 is 1.26 bits per heavy atom. The predicted octanol–water partition coefficient (Wildman–Crippen LogP) is 17.5. The van der Waals surface area contributed by atoms with E-state index < -0.39 is 0 Å². The van der Waals surface area contributed by atoms with Crippen LogP contribution in [-0.2, 0) is 0 Å². The number of rotatable bonds is 6. The third kappa shape index (κ3) is 7.66. The van der Waals surface area contributed by atoms with Crippen LogP contribution in [0.3, 0.4) is 0 Å². The first-order valence-electron chi connectivity index (χ1n) is 27.8. The Hall–Kier alpha value is -11.6. The molecule has 12 aromatic carbocycles. The van der Waals surface area contributed by atoms with Crippen molar-refractivity contribution in [1.82, 2.24) is 18.8 Å². The first-order chi connectivity index (χ1) is 41.3. The summed E-state index contributed by atoms with van der Waals surface area (Å²) in [4.78, 5) is 39.2. The second-order valence-electron chi connectivity index (χ2n) is 21.4. The van der Waals surface area contributed by atoms with Crippen LogP contribution in [0.1, 0.15) is 22.3 Å². The minimum atomic E-state index is -0.138. The molecule has 16 rings (SSSR count). The highest BCUT2D eigenvalue weighted by molar-refractivity contribution is 6.23. The maximum atomic E-state index is 14.5. The smallest absolute Gasteiger partial charge is 0.264 e. The lowest BCUT2D eigenvalue weighted by atomic mass is 9.89. The highest BCUT2D eigenvalue weighted by Crippen LogP contribution is 2.43. The molecule has 0 bridgehead atoms. The number of benzene rings is 12. The summed E-state index contributed by atoms with van der Waals surface area (Å²) < 4.78 is 3.52. The summed E-state index contributed by atoms with van der Waals surface area (Å²) in [7, 11) is 0. The van der Waals surface area contributed by atoms with Crippen LogP contribution in [0.2, 0.25) is 0 Å². The predicted molar refractivity (Wildman–Crippen MR) is 342 cm³/mol. The molecule has 0 fully saturated rings. The fraction of sp³-hybridized carbons (Fsp3) is 0.0263. The Morgan fingerprint density at radius 2 is 0.762 bits per heavy atom. The molecule has 0 aliphatic rings. The molecule has 4 aromatic heterocycles. The van der Waals surface area contributed by atoms with Gasteiger partial charge >= 0.3 is 0 Å². The summed E-state index contributed by atoms with van der Waals surface area (Å²) >= 11 is 0. The second kappa shape index (κ2) is 19.6. The maximum absolute atomic E-state index is 14.5. The quantitative estimate of drug-likeness (QED) is 0.164. The number of hydrogen-bond donors (Lipinski definition) is 0. The summed E-state index contributed by atoms with van der Waals surface area (Å²) in [6.07, 6.45) is 0. The van der Waals surface area contributed by atoms with Crippen molar-refractivity contribution in [3.8, 4) is 78.9 Å². The van der Waals surface area contributed by atoms with Gasteiger partial charge in [0.15, 0.2) is 0 Å². The van der Waals surface area contributed by atoms with Crippen LogP contribution in [-0.4, -0.2) is 18.8 Å². The molecule has 392 valence electrons. The molecule has 0 amide bonds. The van der Waals surface area contributed by atoms with Crippen molar-refractivity contribution in [3.05, 3.63) is 286 Å². The van der Waals surface area contributed by atoms with Crippen LogP contribution in [0.15, 0.2) is 252 Å². The Labute approximate surface area is 481 Å². The standard InChI is InChI=1S/2C38H23N3O/c1-23-10-8-9-15-28(23)29-18-19-31-35-30(17-16-26(22-39)34(29)35)37-40-36-32(25-13-6-3-7-14-25)20-27(24-11-4-2-5-12-24)21-33(36)41(37)38(31)42;1-23-10-8-9-15-28(23)29-18-19-31-35-30(17-16-26(22-39)34(29)35)37-40-33-21-27(24-11-4-2-5-12-24)20-32(25-13-6-3-7-14-25)36(33)41(37)38(31)42/h2*2-21H,1H3. The number of imidazole rings is 2. The lowest BCUT2D eigenvalue weighted by Gasteiger charge is -2.15. The van der Waals surface area contributed by atoms with Crippen LogP contribution in [0.25, 0.3) is 143 Å². The molecule has 0 unspecified atom stereocenters. The Kier molecular flexibility index (Phi) is 11.5. The van der Waals surface area contributed by atoms with E-state index in [0.717, 1.165) is 132 Å². The summed E-state index contributed by atoms with van der Waals surface area (Å²) in [5.41, 5.74) is 19.4. The highest BCUT2D eigenvalue weighted by atomic mass is 16.1. The molecule has 84 heavy (non-hydrogen) atoms. The number of fused-ring (bicyclic) bond motifs is 8. The summed E-state index contributed by atoms with van der Waals surface area (Å²) in [6, 6.07) is 85.7. The average molecular weight is 1080 g/mol. The molecular formula is C76H46N6O2. The van der Waals surface area contributed by atoms with Crippen LogP contribution >= 0.6 is 0 Å². The van der Waals surface area contributed by atoms with Crippen molar-refractivity contribution >= 4 is 76.5 Å². The normalized spacial score (nSPS) is 11.5. The van der Waals surface area contributed by atoms with E-state index in [4.69, 9.17) is 9.97 Å². The fourth-order valence-corrected chi connectivity index (χ4v) is 12.8. The molecule has 0 spiro atoms. The third-order valence-electron chi connectivity index (χ3n) is 16.7. The average Bonchev–Trinajstić information content (AvgIpc) is 2.62. The fourth-order valence-electron chi connectivity index (χ4n) is 12.8. The second-order valence-corrected chi connectivity index (χ2v) is 21.4. The Bertz CT molecular complexity index is 5450. The van der Waals surface area contributed by atoms with Gasteiger partial charge in [0.1, 0.15) is 11.3 Å². The van der Waals surface area contributed by atoms with Gasteiger partial charge < -0.3 is 0 Å². The van der Waals surface area contributed by atoms with E-state index in [1.54, 1.807) is 8.80 Å². The summed E-state index contributed by atoms with van der Waals surface area (Å²) in [5, 5.41) is 26.4. The molecule has 8 heteroatoms. The van der Waals surface area contributed by atoms with Crippen molar-refractivity contribution in [2.75, 3.05) is 0 Å². The summed E-state index contributed by atoms with van der Waals surface area (Å²) in [6.45, 7) is 4.13. The van der Waals surface area contributed by atoms with E-state index in [-0.39, 0.29) is 11.1 Å². The molecule has 0 aliphatic carbocycles. The number of nitrogens with zero attached hydrogens (tertiary/aromatic N) is 6. The molecule has 0 saturated heterocycles. The first-order valence-corrected chi connectivity index (χ1v) is 27.8. The van der Waals surface area contributed by atoms with Crippen LogP contribution in [0.5, 0.6) is 0 Å². The number of nitriles is 2. The van der Waals surface area contributed by atoms with Gasteiger partial charge in [0.2, 0.25) is 0 Å². The van der Waals surface area contributed by atoms with Gasteiger partial charge in [-0.1, -0.05) is 182 Å². The minimum Gasteiger partial charge on any atom is -0.268 e. The molecule has 8 nitrogen and oxygen atoms in total. The van der Waals surface area contributed by atoms with E-state index in [0.29, 0.717) is 33.2 Å². The van der Waals surface area contributed by atoms with E-state index in [9.17, 15) is 20.1 Å². The van der Waals surface area contributed by atoms with Crippen molar-refractivity contribution in [2.45, 2.75) is 13.8 Å². The molecule has 0 saturated carbocycles.